The number of carbonyl (C=O) groups excluding carboxylic acids is 1. The Morgan fingerprint density at radius 2 is 1.86 bits per heavy atom. The molecule has 1 atom stereocenters. The van der Waals surface area contributed by atoms with Crippen molar-refractivity contribution in [1.29, 1.82) is 0 Å². The van der Waals surface area contributed by atoms with E-state index in [2.05, 4.69) is 0 Å². The van der Waals surface area contributed by atoms with Crippen molar-refractivity contribution in [3.8, 4) is 0 Å². The van der Waals surface area contributed by atoms with Crippen LogP contribution in [0, 0.1) is 0 Å². The molecule has 3 rings (SSSR count). The van der Waals surface area contributed by atoms with E-state index < -0.39 is 0 Å². The van der Waals surface area contributed by atoms with Gasteiger partial charge in [0.25, 0.3) is 0 Å². The van der Waals surface area contributed by atoms with Crippen LogP contribution in [0.4, 0.5) is 0 Å². The Kier molecular flexibility index (Phi) is 4.51. The van der Waals surface area contributed by atoms with Gasteiger partial charge in [0, 0.05) is 17.3 Å². The quantitative estimate of drug-likeness (QED) is 0.847. The molecule has 1 saturated heterocycles. The maximum atomic E-state index is 12.6. The van der Waals surface area contributed by atoms with Gasteiger partial charge in [0.1, 0.15) is 5.37 Å². The Bertz CT molecular complexity index is 614. The SMILES string of the molecule is O=C(Cc1ccccc1)N1CCSC1c1ccc(Cl)cc1. The van der Waals surface area contributed by atoms with Gasteiger partial charge < -0.3 is 4.90 Å². The van der Waals surface area contributed by atoms with Gasteiger partial charge in [-0.15, -0.1) is 11.8 Å². The van der Waals surface area contributed by atoms with Gasteiger partial charge in [0.05, 0.1) is 6.42 Å². The molecule has 1 aliphatic heterocycles. The summed E-state index contributed by atoms with van der Waals surface area (Å²) in [4.78, 5) is 14.5. The average Bonchev–Trinajstić information content (AvgIpc) is 2.98. The standard InChI is InChI=1S/C17H16ClNOS/c18-15-8-6-14(7-9-15)17-19(10-11-21-17)16(20)12-13-4-2-1-3-5-13/h1-9,17H,10-12H2. The molecule has 1 aliphatic rings. The number of amides is 1. The van der Waals surface area contributed by atoms with E-state index in [-0.39, 0.29) is 11.3 Å². The summed E-state index contributed by atoms with van der Waals surface area (Å²) in [6.45, 7) is 0.809. The fourth-order valence-corrected chi connectivity index (χ4v) is 3.90. The molecule has 0 radical (unpaired) electrons. The molecule has 21 heavy (non-hydrogen) atoms. The minimum Gasteiger partial charge on any atom is -0.325 e. The molecule has 0 aromatic heterocycles. The molecule has 0 saturated carbocycles. The van der Waals surface area contributed by atoms with Crippen LogP contribution < -0.4 is 0 Å². The van der Waals surface area contributed by atoms with E-state index in [1.54, 1.807) is 0 Å². The lowest BCUT2D eigenvalue weighted by atomic mass is 10.1. The Hall–Kier alpha value is -1.45. The third-order valence-corrected chi connectivity index (χ3v) is 5.08. The van der Waals surface area contributed by atoms with E-state index in [0.717, 1.165) is 28.4 Å². The Morgan fingerprint density at radius 3 is 2.57 bits per heavy atom. The molecule has 4 heteroatoms. The highest BCUT2D eigenvalue weighted by Crippen LogP contribution is 2.38. The molecule has 0 bridgehead atoms. The van der Waals surface area contributed by atoms with Gasteiger partial charge in [-0.3, -0.25) is 4.79 Å². The molecule has 0 aliphatic carbocycles. The van der Waals surface area contributed by atoms with Crippen LogP contribution in [-0.2, 0) is 11.2 Å². The molecular weight excluding hydrogens is 302 g/mol. The largest absolute Gasteiger partial charge is 0.325 e. The van der Waals surface area contributed by atoms with Gasteiger partial charge in [-0.2, -0.15) is 0 Å². The molecule has 2 aromatic carbocycles. The van der Waals surface area contributed by atoms with E-state index in [1.165, 1.54) is 0 Å². The van der Waals surface area contributed by atoms with Crippen LogP contribution in [-0.4, -0.2) is 23.1 Å². The van der Waals surface area contributed by atoms with Crippen molar-refractivity contribution < 1.29 is 4.79 Å². The molecule has 1 unspecified atom stereocenters. The molecule has 0 N–H and O–H groups in total. The number of rotatable bonds is 3. The molecule has 0 spiro atoms. The predicted octanol–water partition coefficient (Wildman–Crippen LogP) is 4.16. The van der Waals surface area contributed by atoms with Gasteiger partial charge in [0.2, 0.25) is 5.91 Å². The first kappa shape index (κ1) is 14.5. The number of thioether (sulfide) groups is 1. The van der Waals surface area contributed by atoms with Crippen LogP contribution in [0.5, 0.6) is 0 Å². The van der Waals surface area contributed by atoms with Crippen molar-refractivity contribution in [3.63, 3.8) is 0 Å². The van der Waals surface area contributed by atoms with Crippen LogP contribution in [0.1, 0.15) is 16.5 Å². The Labute approximate surface area is 134 Å². The molecule has 1 amide bonds. The van der Waals surface area contributed by atoms with E-state index in [1.807, 2.05) is 71.3 Å². The van der Waals surface area contributed by atoms with Gasteiger partial charge in [0.15, 0.2) is 0 Å². The maximum absolute atomic E-state index is 12.6. The number of carbonyl (C=O) groups is 1. The molecule has 1 heterocycles. The zero-order chi connectivity index (χ0) is 14.7. The van der Waals surface area contributed by atoms with Crippen LogP contribution in [0.2, 0.25) is 5.02 Å². The lowest BCUT2D eigenvalue weighted by Gasteiger charge is -2.24. The summed E-state index contributed by atoms with van der Waals surface area (Å²) in [7, 11) is 0. The first-order chi connectivity index (χ1) is 10.2. The minimum atomic E-state index is 0.110. The van der Waals surface area contributed by atoms with Gasteiger partial charge >= 0.3 is 0 Å². The fraction of sp³-hybridized carbons (Fsp3) is 0.235. The summed E-state index contributed by atoms with van der Waals surface area (Å²) in [5.74, 6) is 1.17. The fourth-order valence-electron chi connectivity index (χ4n) is 2.50. The summed E-state index contributed by atoms with van der Waals surface area (Å²) >= 11 is 7.75. The van der Waals surface area contributed by atoms with E-state index in [0.29, 0.717) is 6.42 Å². The van der Waals surface area contributed by atoms with Crippen LogP contribution in [0.15, 0.2) is 54.6 Å². The second-order valence-electron chi connectivity index (χ2n) is 5.02. The van der Waals surface area contributed by atoms with Crippen molar-refractivity contribution in [2.75, 3.05) is 12.3 Å². The number of hydrogen-bond donors (Lipinski definition) is 0. The highest BCUT2D eigenvalue weighted by Gasteiger charge is 2.30. The smallest absolute Gasteiger partial charge is 0.228 e. The third-order valence-electron chi connectivity index (χ3n) is 3.56. The van der Waals surface area contributed by atoms with Crippen molar-refractivity contribution in [2.24, 2.45) is 0 Å². The van der Waals surface area contributed by atoms with Gasteiger partial charge in [-0.1, -0.05) is 54.1 Å². The second-order valence-corrected chi connectivity index (χ2v) is 6.65. The second kappa shape index (κ2) is 6.54. The normalized spacial score (nSPS) is 18.0. The molecule has 2 nitrogen and oxygen atoms in total. The zero-order valence-corrected chi connectivity index (χ0v) is 13.1. The average molecular weight is 318 g/mol. The summed E-state index contributed by atoms with van der Waals surface area (Å²) in [6.07, 6.45) is 0.464. The minimum absolute atomic E-state index is 0.110. The lowest BCUT2D eigenvalue weighted by molar-refractivity contribution is -0.130. The highest BCUT2D eigenvalue weighted by molar-refractivity contribution is 7.99. The summed E-state index contributed by atoms with van der Waals surface area (Å²) in [5.41, 5.74) is 2.21. The number of hydrogen-bond acceptors (Lipinski definition) is 2. The first-order valence-corrected chi connectivity index (χ1v) is 8.37. The third kappa shape index (κ3) is 3.42. The van der Waals surface area contributed by atoms with Crippen molar-refractivity contribution in [3.05, 3.63) is 70.7 Å². The Morgan fingerprint density at radius 1 is 1.14 bits per heavy atom. The molecule has 2 aromatic rings. The Balaban J connectivity index is 1.74. The van der Waals surface area contributed by atoms with E-state index >= 15 is 0 Å². The topological polar surface area (TPSA) is 20.3 Å². The number of nitrogens with zero attached hydrogens (tertiary/aromatic N) is 1. The predicted molar refractivity (Wildman–Crippen MR) is 88.5 cm³/mol. The molecule has 1 fully saturated rings. The summed E-state index contributed by atoms with van der Waals surface area (Å²) < 4.78 is 0. The van der Waals surface area contributed by atoms with E-state index in [4.69, 9.17) is 11.6 Å². The van der Waals surface area contributed by atoms with Crippen molar-refractivity contribution in [2.45, 2.75) is 11.8 Å². The monoisotopic (exact) mass is 317 g/mol. The summed E-state index contributed by atoms with van der Waals surface area (Å²) in [6, 6.07) is 17.7. The van der Waals surface area contributed by atoms with E-state index in [9.17, 15) is 4.79 Å². The van der Waals surface area contributed by atoms with Crippen molar-refractivity contribution in [1.82, 2.24) is 4.90 Å². The number of halogens is 1. The molecular formula is C17H16ClNOS. The lowest BCUT2D eigenvalue weighted by Crippen LogP contribution is -2.31. The zero-order valence-electron chi connectivity index (χ0n) is 11.5. The molecule has 108 valence electrons. The van der Waals surface area contributed by atoms with Crippen molar-refractivity contribution >= 4 is 29.3 Å². The van der Waals surface area contributed by atoms with Crippen LogP contribution in [0.3, 0.4) is 0 Å². The highest BCUT2D eigenvalue weighted by atomic mass is 35.5. The maximum Gasteiger partial charge on any atom is 0.228 e. The number of benzene rings is 2. The van der Waals surface area contributed by atoms with Crippen LogP contribution in [0.25, 0.3) is 0 Å². The van der Waals surface area contributed by atoms with Gasteiger partial charge in [-0.05, 0) is 23.3 Å². The first-order valence-electron chi connectivity index (χ1n) is 6.94. The summed E-state index contributed by atoms with van der Waals surface area (Å²) in [5, 5.41) is 0.836. The van der Waals surface area contributed by atoms with Gasteiger partial charge in [-0.25, -0.2) is 0 Å². The van der Waals surface area contributed by atoms with Crippen LogP contribution >= 0.6 is 23.4 Å².